The van der Waals surface area contributed by atoms with Crippen molar-refractivity contribution in [1.82, 2.24) is 6.15 Å². The molecule has 0 aromatic carbocycles. The molecule has 0 heterocycles. The summed E-state index contributed by atoms with van der Waals surface area (Å²) in [6, 6.07) is 0. The maximum absolute atomic E-state index is 10.2. The lowest BCUT2D eigenvalue weighted by Gasteiger charge is -2.10. The molecule has 3 heteroatoms. The fraction of sp³-hybridized carbons (Fsp3) is 0.875. The largest absolute Gasteiger partial charge is 0.481 e. The zero-order valence-electron chi connectivity index (χ0n) is 7.63. The first-order valence-electron chi connectivity index (χ1n) is 3.74. The normalized spacial score (nSPS) is 12.4. The lowest BCUT2D eigenvalue weighted by atomic mass is 9.96. The molecule has 0 radical (unpaired) electrons. The van der Waals surface area contributed by atoms with Gasteiger partial charge in [-0.1, -0.05) is 20.8 Å². The minimum absolute atomic E-state index is 0. The molecule has 4 N–H and O–H groups in total. The Bertz CT molecular complexity index is 113. The Morgan fingerprint density at radius 2 is 1.82 bits per heavy atom. The van der Waals surface area contributed by atoms with E-state index < -0.39 is 5.97 Å². The van der Waals surface area contributed by atoms with Crippen molar-refractivity contribution in [2.45, 2.75) is 33.6 Å². The van der Waals surface area contributed by atoms with Crippen LogP contribution in [0.2, 0.25) is 0 Å². The number of aliphatic carboxylic acids is 1. The van der Waals surface area contributed by atoms with E-state index in [9.17, 15) is 4.79 Å². The predicted octanol–water partition coefficient (Wildman–Crippen LogP) is 2.31. The zero-order chi connectivity index (χ0) is 8.15. The van der Waals surface area contributed by atoms with Gasteiger partial charge in [0.05, 0.1) is 0 Å². The quantitative estimate of drug-likeness (QED) is 0.664. The number of hydrogen-bond acceptors (Lipinski definition) is 2. The highest BCUT2D eigenvalue weighted by Gasteiger charge is 2.08. The van der Waals surface area contributed by atoms with Gasteiger partial charge in [0.15, 0.2) is 0 Å². The Morgan fingerprint density at radius 3 is 2.09 bits per heavy atom. The molecule has 0 bridgehead atoms. The molecule has 11 heavy (non-hydrogen) atoms. The highest BCUT2D eigenvalue weighted by Crippen LogP contribution is 2.13. The molecule has 0 spiro atoms. The van der Waals surface area contributed by atoms with Crippen molar-refractivity contribution in [3.63, 3.8) is 0 Å². The van der Waals surface area contributed by atoms with E-state index in [4.69, 9.17) is 5.11 Å². The van der Waals surface area contributed by atoms with Crippen LogP contribution in [0.4, 0.5) is 0 Å². The van der Waals surface area contributed by atoms with Gasteiger partial charge in [-0.15, -0.1) is 0 Å². The number of carboxylic acid groups (broad SMARTS) is 1. The average molecular weight is 161 g/mol. The Labute approximate surface area is 68.4 Å². The first-order chi connectivity index (χ1) is 4.52. The van der Waals surface area contributed by atoms with E-state index in [1.54, 1.807) is 0 Å². The SMILES string of the molecule is CC(C)CC(C)CC(=O)O.N. The number of rotatable bonds is 4. The molecule has 0 amide bonds. The molecule has 1 unspecified atom stereocenters. The number of hydrogen-bond donors (Lipinski definition) is 2. The molecule has 0 saturated carbocycles. The summed E-state index contributed by atoms with van der Waals surface area (Å²) in [7, 11) is 0. The summed E-state index contributed by atoms with van der Waals surface area (Å²) in [5.74, 6) is 0.236. The van der Waals surface area contributed by atoms with E-state index in [-0.39, 0.29) is 6.15 Å². The van der Waals surface area contributed by atoms with Crippen LogP contribution in [0.5, 0.6) is 0 Å². The smallest absolute Gasteiger partial charge is 0.303 e. The van der Waals surface area contributed by atoms with Crippen LogP contribution in [-0.2, 0) is 4.79 Å². The Hall–Kier alpha value is -0.570. The van der Waals surface area contributed by atoms with E-state index in [0.29, 0.717) is 18.3 Å². The van der Waals surface area contributed by atoms with Crippen LogP contribution in [0.15, 0.2) is 0 Å². The van der Waals surface area contributed by atoms with Gasteiger partial charge in [-0.05, 0) is 18.3 Å². The molecule has 0 fully saturated rings. The Morgan fingerprint density at radius 1 is 1.36 bits per heavy atom. The average Bonchev–Trinajstić information content (AvgIpc) is 1.58. The molecular formula is C8H19NO2. The standard InChI is InChI=1S/C8H16O2.H3N/c1-6(2)4-7(3)5-8(9)10;/h6-7H,4-5H2,1-3H3,(H,9,10);1H3. The maximum Gasteiger partial charge on any atom is 0.303 e. The zero-order valence-corrected chi connectivity index (χ0v) is 7.63. The summed E-state index contributed by atoms with van der Waals surface area (Å²) in [4.78, 5) is 10.2. The highest BCUT2D eigenvalue weighted by atomic mass is 16.4. The van der Waals surface area contributed by atoms with E-state index >= 15 is 0 Å². The molecule has 0 aliphatic carbocycles. The lowest BCUT2D eigenvalue weighted by molar-refractivity contribution is -0.138. The maximum atomic E-state index is 10.2. The van der Waals surface area contributed by atoms with Crippen LogP contribution in [0.25, 0.3) is 0 Å². The van der Waals surface area contributed by atoms with Gasteiger partial charge in [-0.2, -0.15) is 0 Å². The molecule has 0 aromatic rings. The van der Waals surface area contributed by atoms with Crippen molar-refractivity contribution >= 4 is 5.97 Å². The minimum Gasteiger partial charge on any atom is -0.481 e. The summed E-state index contributed by atoms with van der Waals surface area (Å²) in [6.45, 7) is 6.20. The van der Waals surface area contributed by atoms with Crippen molar-refractivity contribution in [1.29, 1.82) is 0 Å². The van der Waals surface area contributed by atoms with E-state index in [1.807, 2.05) is 6.92 Å². The molecule has 1 atom stereocenters. The fourth-order valence-electron chi connectivity index (χ4n) is 1.19. The van der Waals surface area contributed by atoms with Gasteiger partial charge >= 0.3 is 5.97 Å². The van der Waals surface area contributed by atoms with Gasteiger partial charge < -0.3 is 11.3 Å². The molecule has 3 nitrogen and oxygen atoms in total. The molecule has 0 rings (SSSR count). The molecule has 68 valence electrons. The van der Waals surface area contributed by atoms with Crippen LogP contribution in [-0.4, -0.2) is 11.1 Å². The first-order valence-corrected chi connectivity index (χ1v) is 3.74. The topological polar surface area (TPSA) is 72.3 Å². The van der Waals surface area contributed by atoms with E-state index in [0.717, 1.165) is 6.42 Å². The third-order valence-corrected chi connectivity index (χ3v) is 1.40. The Balaban J connectivity index is 0. The van der Waals surface area contributed by atoms with Gasteiger partial charge in [0.25, 0.3) is 0 Å². The molecule has 0 saturated heterocycles. The van der Waals surface area contributed by atoms with Crippen LogP contribution >= 0.6 is 0 Å². The third-order valence-electron chi connectivity index (χ3n) is 1.40. The summed E-state index contributed by atoms with van der Waals surface area (Å²) in [6.07, 6.45) is 1.31. The molecule has 0 aliphatic heterocycles. The van der Waals surface area contributed by atoms with Gasteiger partial charge in [-0.3, -0.25) is 4.79 Å². The van der Waals surface area contributed by atoms with Crippen molar-refractivity contribution in [3.05, 3.63) is 0 Å². The predicted molar refractivity (Wildman–Crippen MR) is 45.9 cm³/mol. The van der Waals surface area contributed by atoms with Crippen LogP contribution in [0, 0.1) is 11.8 Å². The van der Waals surface area contributed by atoms with Crippen molar-refractivity contribution in [2.75, 3.05) is 0 Å². The third kappa shape index (κ3) is 9.43. The van der Waals surface area contributed by atoms with Crippen molar-refractivity contribution in [2.24, 2.45) is 11.8 Å². The summed E-state index contributed by atoms with van der Waals surface area (Å²) in [5, 5.41) is 8.40. The molecular weight excluding hydrogens is 142 g/mol. The first kappa shape index (κ1) is 13.1. The lowest BCUT2D eigenvalue weighted by Crippen LogP contribution is -2.06. The summed E-state index contributed by atoms with van der Waals surface area (Å²) >= 11 is 0. The monoisotopic (exact) mass is 161 g/mol. The molecule has 0 aromatic heterocycles. The second-order valence-corrected chi connectivity index (χ2v) is 3.33. The Kier molecular flexibility index (Phi) is 7.31. The van der Waals surface area contributed by atoms with Gasteiger partial charge in [0.1, 0.15) is 0 Å². The fourth-order valence-corrected chi connectivity index (χ4v) is 1.19. The van der Waals surface area contributed by atoms with Crippen LogP contribution < -0.4 is 6.15 Å². The van der Waals surface area contributed by atoms with Crippen LogP contribution in [0.1, 0.15) is 33.6 Å². The number of carboxylic acids is 1. The van der Waals surface area contributed by atoms with Crippen molar-refractivity contribution < 1.29 is 9.90 Å². The number of carbonyl (C=O) groups is 1. The summed E-state index contributed by atoms with van der Waals surface area (Å²) in [5.41, 5.74) is 0. The minimum atomic E-state index is -0.687. The molecule has 0 aliphatic rings. The summed E-state index contributed by atoms with van der Waals surface area (Å²) < 4.78 is 0. The van der Waals surface area contributed by atoms with Crippen molar-refractivity contribution in [3.8, 4) is 0 Å². The van der Waals surface area contributed by atoms with E-state index in [2.05, 4.69) is 13.8 Å². The van der Waals surface area contributed by atoms with Gasteiger partial charge in [-0.25, -0.2) is 0 Å². The second-order valence-electron chi connectivity index (χ2n) is 3.33. The highest BCUT2D eigenvalue weighted by molar-refractivity contribution is 5.66. The van der Waals surface area contributed by atoms with E-state index in [1.165, 1.54) is 0 Å². The van der Waals surface area contributed by atoms with Gasteiger partial charge in [0, 0.05) is 6.42 Å². The van der Waals surface area contributed by atoms with Crippen LogP contribution in [0.3, 0.4) is 0 Å². The second kappa shape index (κ2) is 6.16. The van der Waals surface area contributed by atoms with Gasteiger partial charge in [0.2, 0.25) is 0 Å².